The molecular formula is C24H21F5N10. The lowest BCUT2D eigenvalue weighted by Gasteiger charge is -2.15. The summed E-state index contributed by atoms with van der Waals surface area (Å²) >= 11 is 0. The van der Waals surface area contributed by atoms with Crippen LogP contribution in [0.3, 0.4) is 0 Å². The molecule has 0 saturated carbocycles. The van der Waals surface area contributed by atoms with Gasteiger partial charge in [-0.2, -0.15) is 28.7 Å². The molecule has 3 aromatic rings. The topological polar surface area (TPSA) is 164 Å². The second kappa shape index (κ2) is 12.0. The van der Waals surface area contributed by atoms with Crippen LogP contribution < -0.4 is 11.1 Å². The molecule has 1 unspecified atom stereocenters. The number of allylic oxidation sites excluding steroid dienone is 1. The van der Waals surface area contributed by atoms with E-state index in [1.165, 1.54) is 13.2 Å². The Morgan fingerprint density at radius 3 is 2.54 bits per heavy atom. The maximum absolute atomic E-state index is 14.1. The number of nitrogens with zero attached hydrogens (tertiary/aromatic N) is 6. The summed E-state index contributed by atoms with van der Waals surface area (Å²) in [5.74, 6) is -3.74. The number of rotatable bonds is 9. The van der Waals surface area contributed by atoms with Gasteiger partial charge >= 0.3 is 6.18 Å². The van der Waals surface area contributed by atoms with Gasteiger partial charge in [-0.1, -0.05) is 6.92 Å². The van der Waals surface area contributed by atoms with E-state index < -0.39 is 29.6 Å². The fourth-order valence-electron chi connectivity index (χ4n) is 3.75. The molecule has 0 saturated heterocycles. The van der Waals surface area contributed by atoms with Crippen LogP contribution >= 0.6 is 0 Å². The third-order valence-corrected chi connectivity index (χ3v) is 5.43. The molecule has 2 heterocycles. The van der Waals surface area contributed by atoms with Crippen molar-refractivity contribution in [3.8, 4) is 17.2 Å². The molecule has 1 atom stereocenters. The van der Waals surface area contributed by atoms with Crippen LogP contribution in [0.1, 0.15) is 42.0 Å². The normalized spacial score (nSPS) is 13.4. The summed E-state index contributed by atoms with van der Waals surface area (Å²) in [7, 11) is 1.38. The van der Waals surface area contributed by atoms with Crippen molar-refractivity contribution < 1.29 is 22.0 Å². The number of nitrogens with one attached hydrogen (secondary N) is 3. The van der Waals surface area contributed by atoms with E-state index in [0.29, 0.717) is 12.8 Å². The Morgan fingerprint density at radius 2 is 1.97 bits per heavy atom. The highest BCUT2D eigenvalue weighted by Gasteiger charge is 2.35. The molecule has 0 amide bonds. The molecule has 0 aliphatic carbocycles. The van der Waals surface area contributed by atoms with Gasteiger partial charge in [0.05, 0.1) is 22.6 Å². The van der Waals surface area contributed by atoms with E-state index >= 15 is 0 Å². The Labute approximate surface area is 218 Å². The Morgan fingerprint density at radius 1 is 1.28 bits per heavy atom. The number of aromatic amines is 1. The Hall–Kier alpha value is -5.00. The van der Waals surface area contributed by atoms with Gasteiger partial charge < -0.3 is 16.0 Å². The lowest BCUT2D eigenvalue weighted by atomic mass is 9.93. The average molecular weight is 544 g/mol. The maximum atomic E-state index is 14.1. The fourth-order valence-corrected chi connectivity index (χ4v) is 3.75. The van der Waals surface area contributed by atoms with Crippen LogP contribution in [-0.4, -0.2) is 34.2 Å². The van der Waals surface area contributed by atoms with Crippen LogP contribution in [0.25, 0.3) is 11.1 Å². The molecule has 15 heteroatoms. The van der Waals surface area contributed by atoms with E-state index in [1.807, 2.05) is 6.07 Å². The third-order valence-electron chi connectivity index (χ3n) is 5.43. The SMILES string of the molecule is CCC(C(=C/Nc1cc(F)ccc1F)/N=N\C)c1[nH]c(/C(N)=N\C=N)c(-c2cnc(C(F)(F)F)nc2)c1C#N. The van der Waals surface area contributed by atoms with Crippen molar-refractivity contribution in [1.82, 2.24) is 15.0 Å². The molecule has 0 radical (unpaired) electrons. The minimum Gasteiger partial charge on any atom is -0.382 e. The van der Waals surface area contributed by atoms with Gasteiger partial charge in [0, 0.05) is 54.4 Å². The van der Waals surface area contributed by atoms with Crippen molar-refractivity contribution >= 4 is 17.9 Å². The molecule has 0 spiro atoms. The number of hydrogen-bond acceptors (Lipinski definition) is 7. The van der Waals surface area contributed by atoms with E-state index in [-0.39, 0.29) is 45.3 Å². The van der Waals surface area contributed by atoms with Gasteiger partial charge in [-0.3, -0.25) is 5.41 Å². The summed E-state index contributed by atoms with van der Waals surface area (Å²) < 4.78 is 66.8. The number of anilines is 1. The van der Waals surface area contributed by atoms with E-state index in [4.69, 9.17) is 11.1 Å². The molecule has 0 aliphatic rings. The zero-order valence-corrected chi connectivity index (χ0v) is 20.5. The Kier molecular flexibility index (Phi) is 8.81. The number of H-pyrrole nitrogens is 1. The summed E-state index contributed by atoms with van der Waals surface area (Å²) in [6, 6.07) is 4.86. The average Bonchev–Trinajstić information content (AvgIpc) is 3.28. The monoisotopic (exact) mass is 544 g/mol. The summed E-state index contributed by atoms with van der Waals surface area (Å²) in [5, 5.41) is 27.8. The van der Waals surface area contributed by atoms with Crippen molar-refractivity contribution in [1.29, 1.82) is 10.7 Å². The van der Waals surface area contributed by atoms with Crippen molar-refractivity contribution in [2.45, 2.75) is 25.4 Å². The molecule has 39 heavy (non-hydrogen) atoms. The number of halogens is 5. The van der Waals surface area contributed by atoms with Gasteiger partial charge in [0.25, 0.3) is 0 Å². The van der Waals surface area contributed by atoms with E-state index in [2.05, 4.69) is 35.5 Å². The Balaban J connectivity index is 2.21. The molecule has 2 aromatic heterocycles. The first-order chi connectivity index (χ1) is 18.5. The zero-order chi connectivity index (χ0) is 28.7. The number of benzene rings is 1. The Bertz CT molecular complexity index is 1480. The van der Waals surface area contributed by atoms with Gasteiger partial charge in [0.15, 0.2) is 0 Å². The minimum atomic E-state index is -4.78. The summed E-state index contributed by atoms with van der Waals surface area (Å²) in [6.07, 6.45) is -0.755. The lowest BCUT2D eigenvalue weighted by molar-refractivity contribution is -0.144. The molecule has 0 aliphatic heterocycles. The maximum Gasteiger partial charge on any atom is 0.451 e. The molecule has 3 rings (SSSR count). The highest BCUT2D eigenvalue weighted by atomic mass is 19.4. The summed E-state index contributed by atoms with van der Waals surface area (Å²) in [5.41, 5.74) is 6.35. The highest BCUT2D eigenvalue weighted by Crippen LogP contribution is 2.38. The number of aromatic nitrogens is 3. The first kappa shape index (κ1) is 28.6. The van der Waals surface area contributed by atoms with Gasteiger partial charge in [0.1, 0.15) is 29.9 Å². The molecule has 10 nitrogen and oxygen atoms in total. The first-order valence-electron chi connectivity index (χ1n) is 11.1. The van der Waals surface area contributed by atoms with Crippen LogP contribution in [0.4, 0.5) is 27.6 Å². The second-order valence-electron chi connectivity index (χ2n) is 7.81. The van der Waals surface area contributed by atoms with Gasteiger partial charge in [-0.15, -0.1) is 0 Å². The van der Waals surface area contributed by atoms with Gasteiger partial charge in [-0.05, 0) is 18.6 Å². The number of hydrogen-bond donors (Lipinski definition) is 4. The van der Waals surface area contributed by atoms with Gasteiger partial charge in [-0.25, -0.2) is 23.7 Å². The van der Waals surface area contributed by atoms with Crippen molar-refractivity contribution in [2.75, 3.05) is 12.4 Å². The molecule has 0 fully saturated rings. The van der Waals surface area contributed by atoms with E-state index in [0.717, 1.165) is 30.6 Å². The number of azo groups is 1. The number of alkyl halides is 3. The van der Waals surface area contributed by atoms with Crippen LogP contribution in [0, 0.1) is 28.4 Å². The molecule has 1 aromatic carbocycles. The fraction of sp³-hybridized carbons (Fsp3) is 0.208. The largest absolute Gasteiger partial charge is 0.451 e. The third kappa shape index (κ3) is 6.29. The molecule has 0 bridgehead atoms. The number of nitrogens with two attached hydrogens (primary N) is 1. The predicted octanol–water partition coefficient (Wildman–Crippen LogP) is 5.48. The minimum absolute atomic E-state index is 0.0256. The van der Waals surface area contributed by atoms with Crippen LogP contribution in [-0.2, 0) is 6.18 Å². The zero-order valence-electron chi connectivity index (χ0n) is 20.5. The van der Waals surface area contributed by atoms with Crippen LogP contribution in [0.15, 0.2) is 57.7 Å². The van der Waals surface area contributed by atoms with Crippen molar-refractivity contribution in [3.63, 3.8) is 0 Å². The molecule has 5 N–H and O–H groups in total. The van der Waals surface area contributed by atoms with Crippen molar-refractivity contribution in [3.05, 3.63) is 76.9 Å². The standard InChI is InChI=1S/C24H21F5N10/c1-3-14(18(39-33-2)10-34-17-6-13(25)4-5-16(17)26)20-15(7-30)19(21(38-20)22(32)37-11-31)12-8-35-23(36-9-12)24(27,28)29/h4-6,8-11,14,34,38H,3H2,1-2H3,(H3,31,32,37)/b18-10-,39-33-. The van der Waals surface area contributed by atoms with Gasteiger partial charge in [0.2, 0.25) is 5.82 Å². The predicted molar refractivity (Wildman–Crippen MR) is 133 cm³/mol. The summed E-state index contributed by atoms with van der Waals surface area (Å²) in [6.45, 7) is 1.75. The number of aliphatic imine (C=N–C) groups is 1. The first-order valence-corrected chi connectivity index (χ1v) is 11.1. The smallest absolute Gasteiger partial charge is 0.382 e. The molecular weight excluding hydrogens is 523 g/mol. The number of nitriles is 1. The molecule has 202 valence electrons. The van der Waals surface area contributed by atoms with Crippen LogP contribution in [0.2, 0.25) is 0 Å². The number of amidine groups is 1. The highest BCUT2D eigenvalue weighted by molar-refractivity contribution is 6.06. The van der Waals surface area contributed by atoms with Crippen LogP contribution in [0.5, 0.6) is 0 Å². The summed E-state index contributed by atoms with van der Waals surface area (Å²) in [4.78, 5) is 13.4. The second-order valence-corrected chi connectivity index (χ2v) is 7.81. The van der Waals surface area contributed by atoms with E-state index in [1.54, 1.807) is 6.92 Å². The van der Waals surface area contributed by atoms with Crippen molar-refractivity contribution in [2.24, 2.45) is 21.0 Å². The van der Waals surface area contributed by atoms with E-state index in [9.17, 15) is 27.2 Å². The lowest BCUT2D eigenvalue weighted by Crippen LogP contribution is -2.16. The quantitative estimate of drug-likeness (QED) is 0.121.